The molecule has 1 heterocycles. The number of anilines is 1. The van der Waals surface area contributed by atoms with Gasteiger partial charge in [0.2, 0.25) is 5.91 Å². The van der Waals surface area contributed by atoms with Gasteiger partial charge in [0, 0.05) is 17.1 Å². The molecule has 1 aromatic heterocycles. The van der Waals surface area contributed by atoms with Gasteiger partial charge in [-0.3, -0.25) is 9.78 Å². The van der Waals surface area contributed by atoms with Crippen LogP contribution in [0.2, 0.25) is 0 Å². The maximum atomic E-state index is 12.6. The van der Waals surface area contributed by atoms with E-state index in [0.717, 1.165) is 27.7 Å². The Bertz CT molecular complexity index is 967. The van der Waals surface area contributed by atoms with Crippen LogP contribution in [-0.2, 0) is 11.2 Å². The van der Waals surface area contributed by atoms with Crippen molar-refractivity contribution in [2.24, 2.45) is 0 Å². The van der Waals surface area contributed by atoms with Crippen LogP contribution in [-0.4, -0.2) is 25.1 Å². The van der Waals surface area contributed by atoms with E-state index in [-0.39, 0.29) is 12.3 Å². The molecule has 0 aliphatic carbocycles. The predicted octanol–water partition coefficient (Wildman–Crippen LogP) is 4.05. The van der Waals surface area contributed by atoms with Crippen LogP contribution in [0, 0.1) is 13.8 Å². The molecule has 5 heteroatoms. The lowest BCUT2D eigenvalue weighted by Gasteiger charge is -2.14. The van der Waals surface area contributed by atoms with Gasteiger partial charge in [-0.25, -0.2) is 0 Å². The number of aromatic nitrogens is 1. The molecule has 3 rings (SSSR count). The van der Waals surface area contributed by atoms with Gasteiger partial charge in [-0.05, 0) is 43.2 Å². The highest BCUT2D eigenvalue weighted by atomic mass is 16.5. The lowest BCUT2D eigenvalue weighted by atomic mass is 9.99. The normalized spacial score (nSPS) is 10.6. The number of pyridine rings is 1. The van der Waals surface area contributed by atoms with Crippen LogP contribution in [0.4, 0.5) is 5.69 Å². The Kier molecular flexibility index (Phi) is 5.07. The molecule has 5 nitrogen and oxygen atoms in total. The summed E-state index contributed by atoms with van der Waals surface area (Å²) in [5.41, 5.74) is 4.47. The average molecular weight is 350 g/mol. The Labute approximate surface area is 153 Å². The van der Waals surface area contributed by atoms with Gasteiger partial charge in [0.05, 0.1) is 31.8 Å². The smallest absolute Gasteiger partial charge is 0.228 e. The first-order valence-corrected chi connectivity index (χ1v) is 8.40. The number of amides is 1. The summed E-state index contributed by atoms with van der Waals surface area (Å²) in [6, 6.07) is 13.3. The summed E-state index contributed by atoms with van der Waals surface area (Å²) in [6.07, 6.45) is 0.255. The van der Waals surface area contributed by atoms with Crippen molar-refractivity contribution in [1.82, 2.24) is 4.98 Å². The van der Waals surface area contributed by atoms with Gasteiger partial charge in [0.25, 0.3) is 0 Å². The number of carbonyl (C=O) groups excluding carboxylic acids is 1. The Balaban J connectivity index is 1.86. The molecule has 134 valence electrons. The molecule has 2 aromatic carbocycles. The SMILES string of the molecule is COc1ccc(NC(=O)Cc2c(C)nc3ccccc3c2C)c(OC)c1. The van der Waals surface area contributed by atoms with Crippen molar-refractivity contribution in [1.29, 1.82) is 0 Å². The minimum Gasteiger partial charge on any atom is -0.497 e. The zero-order valence-electron chi connectivity index (χ0n) is 15.4. The Hall–Kier alpha value is -3.08. The van der Waals surface area contributed by atoms with E-state index in [1.165, 1.54) is 0 Å². The number of nitrogens with zero attached hydrogens (tertiary/aromatic N) is 1. The molecule has 0 bridgehead atoms. The van der Waals surface area contributed by atoms with Gasteiger partial charge in [-0.2, -0.15) is 0 Å². The molecule has 0 radical (unpaired) electrons. The minimum absolute atomic E-state index is 0.114. The van der Waals surface area contributed by atoms with Crippen molar-refractivity contribution in [3.05, 3.63) is 59.3 Å². The van der Waals surface area contributed by atoms with Crippen LogP contribution in [0.1, 0.15) is 16.8 Å². The van der Waals surface area contributed by atoms with E-state index in [2.05, 4.69) is 10.3 Å². The number of hydrogen-bond acceptors (Lipinski definition) is 4. The first-order chi connectivity index (χ1) is 12.5. The van der Waals surface area contributed by atoms with Crippen molar-refractivity contribution in [2.75, 3.05) is 19.5 Å². The van der Waals surface area contributed by atoms with Crippen molar-refractivity contribution in [2.45, 2.75) is 20.3 Å². The number of rotatable bonds is 5. The van der Waals surface area contributed by atoms with Gasteiger partial charge in [-0.15, -0.1) is 0 Å². The number of nitrogens with one attached hydrogen (secondary N) is 1. The summed E-state index contributed by atoms with van der Waals surface area (Å²) in [5.74, 6) is 1.12. The standard InChI is InChI=1S/C21H22N2O3/c1-13-16-7-5-6-8-18(16)22-14(2)17(13)12-21(24)23-19-10-9-15(25-3)11-20(19)26-4/h5-11H,12H2,1-4H3,(H,23,24). The number of para-hydroxylation sites is 1. The number of fused-ring (bicyclic) bond motifs is 1. The fourth-order valence-electron chi connectivity index (χ4n) is 3.09. The molecule has 0 saturated carbocycles. The van der Waals surface area contributed by atoms with Crippen molar-refractivity contribution >= 4 is 22.5 Å². The van der Waals surface area contributed by atoms with Gasteiger partial charge in [0.1, 0.15) is 11.5 Å². The number of carbonyl (C=O) groups is 1. The molecule has 0 spiro atoms. The lowest BCUT2D eigenvalue weighted by molar-refractivity contribution is -0.115. The zero-order valence-corrected chi connectivity index (χ0v) is 15.4. The summed E-state index contributed by atoms with van der Waals surface area (Å²) in [6.45, 7) is 3.98. The Morgan fingerprint density at radius 1 is 1.08 bits per heavy atom. The third-order valence-corrected chi connectivity index (χ3v) is 4.51. The number of methoxy groups -OCH3 is 2. The molecule has 0 aliphatic heterocycles. The summed E-state index contributed by atoms with van der Waals surface area (Å²) in [7, 11) is 3.15. The number of ether oxygens (including phenoxy) is 2. The van der Waals surface area contributed by atoms with E-state index < -0.39 is 0 Å². The summed E-state index contributed by atoms with van der Waals surface area (Å²) < 4.78 is 10.5. The van der Waals surface area contributed by atoms with Crippen LogP contribution in [0.25, 0.3) is 10.9 Å². The average Bonchev–Trinajstić information content (AvgIpc) is 2.65. The lowest BCUT2D eigenvalue weighted by Crippen LogP contribution is -2.17. The molecule has 26 heavy (non-hydrogen) atoms. The van der Waals surface area contributed by atoms with Gasteiger partial charge in [0.15, 0.2) is 0 Å². The molecule has 0 saturated heterocycles. The molecule has 0 aliphatic rings. The molecule has 3 aromatic rings. The second kappa shape index (κ2) is 7.44. The van der Waals surface area contributed by atoms with Crippen LogP contribution in [0.5, 0.6) is 11.5 Å². The molecule has 1 amide bonds. The van der Waals surface area contributed by atoms with E-state index >= 15 is 0 Å². The van der Waals surface area contributed by atoms with Crippen LogP contribution in [0.3, 0.4) is 0 Å². The highest BCUT2D eigenvalue weighted by molar-refractivity contribution is 5.95. The van der Waals surface area contributed by atoms with Crippen LogP contribution < -0.4 is 14.8 Å². The van der Waals surface area contributed by atoms with Crippen molar-refractivity contribution in [3.63, 3.8) is 0 Å². The molecular formula is C21H22N2O3. The van der Waals surface area contributed by atoms with Gasteiger partial charge >= 0.3 is 0 Å². The van der Waals surface area contributed by atoms with E-state index in [1.807, 2.05) is 38.1 Å². The largest absolute Gasteiger partial charge is 0.497 e. The van der Waals surface area contributed by atoms with E-state index in [1.54, 1.807) is 32.4 Å². The van der Waals surface area contributed by atoms with Gasteiger partial charge in [-0.1, -0.05) is 18.2 Å². The Morgan fingerprint density at radius 2 is 1.85 bits per heavy atom. The monoisotopic (exact) mass is 350 g/mol. The van der Waals surface area contributed by atoms with E-state index in [4.69, 9.17) is 9.47 Å². The number of benzene rings is 2. The third kappa shape index (κ3) is 3.47. The molecule has 1 N–H and O–H groups in total. The Morgan fingerprint density at radius 3 is 2.58 bits per heavy atom. The highest BCUT2D eigenvalue weighted by Gasteiger charge is 2.15. The van der Waals surface area contributed by atoms with E-state index in [0.29, 0.717) is 17.2 Å². The summed E-state index contributed by atoms with van der Waals surface area (Å²) >= 11 is 0. The summed E-state index contributed by atoms with van der Waals surface area (Å²) in [5, 5.41) is 3.99. The summed E-state index contributed by atoms with van der Waals surface area (Å²) in [4.78, 5) is 17.3. The van der Waals surface area contributed by atoms with Crippen LogP contribution >= 0.6 is 0 Å². The van der Waals surface area contributed by atoms with Gasteiger partial charge < -0.3 is 14.8 Å². The first kappa shape index (κ1) is 17.7. The second-order valence-electron chi connectivity index (χ2n) is 6.11. The fraction of sp³-hybridized carbons (Fsp3) is 0.238. The quantitative estimate of drug-likeness (QED) is 0.754. The second-order valence-corrected chi connectivity index (χ2v) is 6.11. The molecule has 0 fully saturated rings. The number of aryl methyl sites for hydroxylation is 2. The maximum Gasteiger partial charge on any atom is 0.228 e. The predicted molar refractivity (Wildman–Crippen MR) is 103 cm³/mol. The zero-order chi connectivity index (χ0) is 18.7. The maximum absolute atomic E-state index is 12.6. The molecule has 0 atom stereocenters. The van der Waals surface area contributed by atoms with Crippen molar-refractivity contribution < 1.29 is 14.3 Å². The minimum atomic E-state index is -0.114. The highest BCUT2D eigenvalue weighted by Crippen LogP contribution is 2.29. The topological polar surface area (TPSA) is 60.5 Å². The first-order valence-electron chi connectivity index (χ1n) is 8.40. The van der Waals surface area contributed by atoms with E-state index in [9.17, 15) is 4.79 Å². The molecular weight excluding hydrogens is 328 g/mol. The molecule has 0 unspecified atom stereocenters. The van der Waals surface area contributed by atoms with Crippen molar-refractivity contribution in [3.8, 4) is 11.5 Å². The number of hydrogen-bond donors (Lipinski definition) is 1. The van der Waals surface area contributed by atoms with Crippen LogP contribution in [0.15, 0.2) is 42.5 Å². The third-order valence-electron chi connectivity index (χ3n) is 4.51. The fourth-order valence-corrected chi connectivity index (χ4v) is 3.09.